The maximum Gasteiger partial charge on any atom is 0.191 e. The Morgan fingerprint density at radius 3 is 2.58 bits per heavy atom. The van der Waals surface area contributed by atoms with Crippen LogP contribution in [0.25, 0.3) is 0 Å². The van der Waals surface area contributed by atoms with Gasteiger partial charge in [0.1, 0.15) is 5.75 Å². The first-order valence-electron chi connectivity index (χ1n) is 8.39. The summed E-state index contributed by atoms with van der Waals surface area (Å²) >= 11 is 0. The predicted octanol–water partition coefficient (Wildman–Crippen LogP) is 3.43. The number of methoxy groups -OCH3 is 1. The van der Waals surface area contributed by atoms with E-state index < -0.39 is 0 Å². The van der Waals surface area contributed by atoms with E-state index in [1.165, 1.54) is 0 Å². The molecule has 0 spiro atoms. The monoisotopic (exact) mass is 449 g/mol. The quantitative estimate of drug-likeness (QED) is 0.249. The first-order chi connectivity index (χ1) is 11.2. The van der Waals surface area contributed by atoms with Gasteiger partial charge in [-0.25, -0.2) is 4.99 Å². The molecular formula is C18H32IN3O2. The van der Waals surface area contributed by atoms with Gasteiger partial charge in [-0.05, 0) is 25.3 Å². The molecule has 0 aliphatic rings. The Hall–Kier alpha value is -1.02. The molecule has 0 aliphatic carbocycles. The summed E-state index contributed by atoms with van der Waals surface area (Å²) in [4.78, 5) is 4.62. The summed E-state index contributed by atoms with van der Waals surface area (Å²) < 4.78 is 11.0. The lowest BCUT2D eigenvalue weighted by atomic mass is 10.1. The summed E-state index contributed by atoms with van der Waals surface area (Å²) in [6, 6.07) is 8.09. The summed E-state index contributed by atoms with van der Waals surface area (Å²) in [5.41, 5.74) is 1.10. The van der Waals surface area contributed by atoms with E-state index in [0.29, 0.717) is 19.1 Å². The molecule has 0 fully saturated rings. The fourth-order valence-corrected chi connectivity index (χ4v) is 1.96. The minimum atomic E-state index is 0. The zero-order valence-electron chi connectivity index (χ0n) is 15.3. The van der Waals surface area contributed by atoms with Crippen LogP contribution in [0.5, 0.6) is 5.75 Å². The van der Waals surface area contributed by atoms with E-state index in [1.54, 1.807) is 7.11 Å². The minimum Gasteiger partial charge on any atom is -0.493 e. The van der Waals surface area contributed by atoms with Crippen LogP contribution in [0.4, 0.5) is 0 Å². The molecule has 0 aliphatic heterocycles. The fourth-order valence-electron chi connectivity index (χ4n) is 1.96. The van der Waals surface area contributed by atoms with Crippen molar-refractivity contribution in [1.29, 1.82) is 0 Å². The zero-order valence-corrected chi connectivity index (χ0v) is 17.6. The van der Waals surface area contributed by atoms with Crippen molar-refractivity contribution in [2.45, 2.75) is 33.7 Å². The molecule has 138 valence electrons. The van der Waals surface area contributed by atoms with Gasteiger partial charge in [0.15, 0.2) is 5.96 Å². The lowest BCUT2D eigenvalue weighted by Crippen LogP contribution is -2.38. The normalized spacial score (nSPS) is 11.1. The van der Waals surface area contributed by atoms with Gasteiger partial charge in [0.25, 0.3) is 0 Å². The third-order valence-corrected chi connectivity index (χ3v) is 3.28. The van der Waals surface area contributed by atoms with Gasteiger partial charge in [0, 0.05) is 25.8 Å². The highest BCUT2D eigenvalue weighted by atomic mass is 127. The van der Waals surface area contributed by atoms with Gasteiger partial charge in [0.05, 0.1) is 19.8 Å². The molecule has 6 heteroatoms. The minimum absolute atomic E-state index is 0. The van der Waals surface area contributed by atoms with Crippen molar-refractivity contribution in [3.05, 3.63) is 29.8 Å². The van der Waals surface area contributed by atoms with Crippen LogP contribution in [0.3, 0.4) is 0 Å². The van der Waals surface area contributed by atoms with Crippen molar-refractivity contribution >= 4 is 29.9 Å². The average Bonchev–Trinajstić information content (AvgIpc) is 2.53. The Morgan fingerprint density at radius 2 is 1.92 bits per heavy atom. The largest absolute Gasteiger partial charge is 0.493 e. The second kappa shape index (κ2) is 14.3. The zero-order chi connectivity index (χ0) is 16.9. The number of aliphatic imine (C=N–C) groups is 1. The van der Waals surface area contributed by atoms with E-state index in [4.69, 9.17) is 9.47 Å². The fraction of sp³-hybridized carbons (Fsp3) is 0.611. The molecule has 0 bridgehead atoms. The molecule has 2 N–H and O–H groups in total. The lowest BCUT2D eigenvalue weighted by molar-refractivity contribution is 0.203. The number of ether oxygens (including phenoxy) is 2. The van der Waals surface area contributed by atoms with Crippen LogP contribution in [0.15, 0.2) is 29.3 Å². The first-order valence-corrected chi connectivity index (χ1v) is 8.39. The van der Waals surface area contributed by atoms with E-state index in [0.717, 1.165) is 43.4 Å². The highest BCUT2D eigenvalue weighted by molar-refractivity contribution is 14.0. The molecular weight excluding hydrogens is 417 g/mol. The SMILES string of the molecule is CCNC(=NCc1ccccc1OCCC(C)C)NCCOC.I. The molecule has 0 heterocycles. The van der Waals surface area contributed by atoms with Crippen molar-refractivity contribution in [1.82, 2.24) is 10.6 Å². The number of benzene rings is 1. The van der Waals surface area contributed by atoms with Crippen LogP contribution in [-0.2, 0) is 11.3 Å². The Bertz CT molecular complexity index is 467. The van der Waals surface area contributed by atoms with Crippen molar-refractivity contribution < 1.29 is 9.47 Å². The molecule has 0 atom stereocenters. The first kappa shape index (κ1) is 23.0. The highest BCUT2D eigenvalue weighted by Crippen LogP contribution is 2.19. The van der Waals surface area contributed by atoms with Gasteiger partial charge >= 0.3 is 0 Å². The third-order valence-electron chi connectivity index (χ3n) is 3.28. The molecule has 0 saturated heterocycles. The van der Waals surface area contributed by atoms with Crippen LogP contribution in [0.1, 0.15) is 32.8 Å². The number of para-hydroxylation sites is 1. The highest BCUT2D eigenvalue weighted by Gasteiger charge is 2.04. The van der Waals surface area contributed by atoms with Crippen molar-refractivity contribution in [3.63, 3.8) is 0 Å². The van der Waals surface area contributed by atoms with Gasteiger partial charge in [-0.3, -0.25) is 0 Å². The second-order valence-corrected chi connectivity index (χ2v) is 5.75. The van der Waals surface area contributed by atoms with Crippen molar-refractivity contribution in [2.24, 2.45) is 10.9 Å². The van der Waals surface area contributed by atoms with Crippen molar-refractivity contribution in [3.8, 4) is 5.75 Å². The van der Waals surface area contributed by atoms with E-state index >= 15 is 0 Å². The molecule has 0 saturated carbocycles. The number of nitrogens with one attached hydrogen (secondary N) is 2. The molecule has 1 aromatic rings. The molecule has 1 aromatic carbocycles. The topological polar surface area (TPSA) is 54.9 Å². The summed E-state index contributed by atoms with van der Waals surface area (Å²) in [6.45, 7) is 9.99. The number of hydrogen-bond donors (Lipinski definition) is 2. The summed E-state index contributed by atoms with van der Waals surface area (Å²) in [5, 5.41) is 6.47. The smallest absolute Gasteiger partial charge is 0.191 e. The Balaban J connectivity index is 0.00000529. The number of rotatable bonds is 10. The van der Waals surface area contributed by atoms with E-state index in [-0.39, 0.29) is 24.0 Å². The molecule has 0 unspecified atom stereocenters. The van der Waals surface area contributed by atoms with Crippen LogP contribution in [0, 0.1) is 5.92 Å². The molecule has 1 rings (SSSR count). The summed E-state index contributed by atoms with van der Waals surface area (Å²) in [7, 11) is 1.69. The molecule has 5 nitrogen and oxygen atoms in total. The van der Waals surface area contributed by atoms with E-state index in [1.807, 2.05) is 18.2 Å². The lowest BCUT2D eigenvalue weighted by Gasteiger charge is -2.13. The van der Waals surface area contributed by atoms with Gasteiger partial charge < -0.3 is 20.1 Å². The van der Waals surface area contributed by atoms with Crippen LogP contribution in [0.2, 0.25) is 0 Å². The van der Waals surface area contributed by atoms with Crippen LogP contribution < -0.4 is 15.4 Å². The maximum atomic E-state index is 5.91. The Kier molecular flexibility index (Phi) is 13.7. The van der Waals surface area contributed by atoms with E-state index in [9.17, 15) is 0 Å². The van der Waals surface area contributed by atoms with E-state index in [2.05, 4.69) is 42.5 Å². The Morgan fingerprint density at radius 1 is 1.17 bits per heavy atom. The number of guanidine groups is 1. The third kappa shape index (κ3) is 9.97. The predicted molar refractivity (Wildman–Crippen MR) is 112 cm³/mol. The standard InChI is InChI=1S/C18H31N3O2.HI/c1-5-19-18(20-11-13-22-4)21-14-16-8-6-7-9-17(16)23-12-10-15(2)3;/h6-9,15H,5,10-14H2,1-4H3,(H2,19,20,21);1H. The molecule has 0 amide bonds. The molecule has 24 heavy (non-hydrogen) atoms. The summed E-state index contributed by atoms with van der Waals surface area (Å²) in [6.07, 6.45) is 1.05. The maximum absolute atomic E-state index is 5.91. The van der Waals surface area contributed by atoms with Crippen LogP contribution >= 0.6 is 24.0 Å². The van der Waals surface area contributed by atoms with Crippen molar-refractivity contribution in [2.75, 3.05) is 33.4 Å². The van der Waals surface area contributed by atoms with Crippen LogP contribution in [-0.4, -0.2) is 39.4 Å². The average molecular weight is 449 g/mol. The summed E-state index contributed by atoms with van der Waals surface area (Å²) in [5.74, 6) is 2.36. The van der Waals surface area contributed by atoms with Gasteiger partial charge in [-0.2, -0.15) is 0 Å². The number of nitrogens with zero attached hydrogens (tertiary/aromatic N) is 1. The Labute approximate surface area is 163 Å². The number of hydrogen-bond acceptors (Lipinski definition) is 3. The molecule has 0 aromatic heterocycles. The van der Waals surface area contributed by atoms with Gasteiger partial charge in [0.2, 0.25) is 0 Å². The van der Waals surface area contributed by atoms with Gasteiger partial charge in [-0.1, -0.05) is 32.0 Å². The van der Waals surface area contributed by atoms with Gasteiger partial charge in [-0.15, -0.1) is 24.0 Å². The molecule has 0 radical (unpaired) electrons. The number of halogens is 1. The second-order valence-electron chi connectivity index (χ2n) is 5.75.